The summed E-state index contributed by atoms with van der Waals surface area (Å²) in [5.41, 5.74) is 3.41. The number of hydrogen-bond acceptors (Lipinski definition) is 2. The molecule has 2 amide bonds. The summed E-state index contributed by atoms with van der Waals surface area (Å²) < 4.78 is 0. The SMILES string of the molecule is C.C.O=C(Nc1ccccc1C(=O)N1CCCc2ccccc21)C1CCCCCCC1. The predicted molar refractivity (Wildman–Crippen MR) is 131 cm³/mol. The van der Waals surface area contributed by atoms with Gasteiger partial charge in [0.2, 0.25) is 5.91 Å². The summed E-state index contributed by atoms with van der Waals surface area (Å²) >= 11 is 0. The van der Waals surface area contributed by atoms with Crippen molar-refractivity contribution in [3.8, 4) is 0 Å². The third-order valence-corrected chi connectivity index (χ3v) is 6.25. The molecule has 0 unspecified atom stereocenters. The van der Waals surface area contributed by atoms with Crippen molar-refractivity contribution in [1.29, 1.82) is 0 Å². The van der Waals surface area contributed by atoms with E-state index in [0.29, 0.717) is 17.8 Å². The molecule has 168 valence electrons. The molecule has 1 heterocycles. The Labute approximate surface area is 188 Å². The number of carbonyl (C=O) groups is 2. The Bertz CT molecular complexity index is 869. The van der Waals surface area contributed by atoms with Crippen LogP contribution in [0.3, 0.4) is 0 Å². The molecule has 2 aliphatic rings. The lowest BCUT2D eigenvalue weighted by atomic mass is 9.90. The van der Waals surface area contributed by atoms with Gasteiger partial charge in [-0.25, -0.2) is 0 Å². The van der Waals surface area contributed by atoms with Gasteiger partial charge in [0.1, 0.15) is 0 Å². The van der Waals surface area contributed by atoms with Crippen LogP contribution in [0.25, 0.3) is 0 Å². The molecule has 0 saturated heterocycles. The topological polar surface area (TPSA) is 49.4 Å². The van der Waals surface area contributed by atoms with E-state index in [1.165, 1.54) is 24.8 Å². The van der Waals surface area contributed by atoms with Crippen LogP contribution in [0, 0.1) is 5.92 Å². The fourth-order valence-corrected chi connectivity index (χ4v) is 4.62. The van der Waals surface area contributed by atoms with E-state index in [2.05, 4.69) is 11.4 Å². The predicted octanol–water partition coefficient (Wildman–Crippen LogP) is 6.85. The van der Waals surface area contributed by atoms with E-state index >= 15 is 0 Å². The Morgan fingerprint density at radius 3 is 2.23 bits per heavy atom. The molecule has 4 rings (SSSR count). The second-order valence-corrected chi connectivity index (χ2v) is 8.27. The maximum absolute atomic E-state index is 13.4. The summed E-state index contributed by atoms with van der Waals surface area (Å²) in [6, 6.07) is 15.5. The van der Waals surface area contributed by atoms with Crippen LogP contribution in [0.1, 0.15) is 82.1 Å². The number of rotatable bonds is 3. The first-order chi connectivity index (χ1) is 14.2. The highest BCUT2D eigenvalue weighted by Crippen LogP contribution is 2.30. The largest absolute Gasteiger partial charge is 0.325 e. The normalized spacial score (nSPS) is 16.6. The van der Waals surface area contributed by atoms with Gasteiger partial charge in [-0.2, -0.15) is 0 Å². The molecular weight excluding hydrogens is 384 g/mol. The zero-order valence-corrected chi connectivity index (χ0v) is 17.0. The number of fused-ring (bicyclic) bond motifs is 1. The maximum Gasteiger partial charge on any atom is 0.260 e. The molecule has 2 aromatic rings. The minimum absolute atomic E-state index is 0. The van der Waals surface area contributed by atoms with Crippen LogP contribution in [0.5, 0.6) is 0 Å². The summed E-state index contributed by atoms with van der Waals surface area (Å²) in [6.45, 7) is 0.709. The lowest BCUT2D eigenvalue weighted by molar-refractivity contribution is -0.120. The van der Waals surface area contributed by atoms with Crippen molar-refractivity contribution < 1.29 is 9.59 Å². The number of benzene rings is 2. The average molecular weight is 423 g/mol. The molecule has 1 fully saturated rings. The van der Waals surface area contributed by atoms with Crippen LogP contribution < -0.4 is 10.2 Å². The molecule has 0 aromatic heterocycles. The van der Waals surface area contributed by atoms with Crippen LogP contribution in [0.2, 0.25) is 0 Å². The second-order valence-electron chi connectivity index (χ2n) is 8.27. The first-order valence-corrected chi connectivity index (χ1v) is 11.0. The number of nitrogens with zero attached hydrogens (tertiary/aromatic N) is 1. The Morgan fingerprint density at radius 1 is 0.806 bits per heavy atom. The quantitative estimate of drug-likeness (QED) is 0.588. The number of carbonyl (C=O) groups excluding carboxylic acids is 2. The van der Waals surface area contributed by atoms with Gasteiger partial charge in [0.15, 0.2) is 0 Å². The number of nitrogens with one attached hydrogen (secondary N) is 1. The number of amides is 2. The average Bonchev–Trinajstić information content (AvgIpc) is 2.73. The highest BCUT2D eigenvalue weighted by Gasteiger charge is 2.26. The van der Waals surface area contributed by atoms with Crippen molar-refractivity contribution >= 4 is 23.2 Å². The molecule has 0 radical (unpaired) electrons. The summed E-state index contributed by atoms with van der Waals surface area (Å²) in [5, 5.41) is 3.09. The molecular formula is C27H38N2O2. The monoisotopic (exact) mass is 422 g/mol. The Kier molecular flexibility index (Phi) is 9.29. The zero-order chi connectivity index (χ0) is 20.1. The van der Waals surface area contributed by atoms with E-state index < -0.39 is 0 Å². The van der Waals surface area contributed by atoms with Crippen molar-refractivity contribution in [3.63, 3.8) is 0 Å². The van der Waals surface area contributed by atoms with Crippen molar-refractivity contribution in [2.75, 3.05) is 16.8 Å². The third kappa shape index (κ3) is 5.75. The number of para-hydroxylation sites is 2. The van der Waals surface area contributed by atoms with Gasteiger partial charge >= 0.3 is 0 Å². The standard InChI is InChI=1S/C25H30N2O2.2CH4/c28-24(20-12-4-2-1-3-5-13-20)26-22-16-8-7-15-21(22)25(29)27-18-10-14-19-11-6-9-17-23(19)27;;/h6-9,11,15-17,20H,1-5,10,12-14,18H2,(H,26,28);2*1H4. The van der Waals surface area contributed by atoms with Crippen LogP contribution in [0.15, 0.2) is 48.5 Å². The summed E-state index contributed by atoms with van der Waals surface area (Å²) in [4.78, 5) is 28.2. The molecule has 31 heavy (non-hydrogen) atoms. The smallest absolute Gasteiger partial charge is 0.260 e. The minimum Gasteiger partial charge on any atom is -0.325 e. The summed E-state index contributed by atoms with van der Waals surface area (Å²) in [7, 11) is 0. The molecule has 1 saturated carbocycles. The van der Waals surface area contributed by atoms with Gasteiger partial charge in [0, 0.05) is 18.2 Å². The van der Waals surface area contributed by atoms with Crippen molar-refractivity contribution in [1.82, 2.24) is 0 Å². The van der Waals surface area contributed by atoms with Gasteiger partial charge in [-0.05, 0) is 49.4 Å². The first kappa shape index (κ1) is 24.6. The number of anilines is 2. The number of aryl methyl sites for hydroxylation is 1. The van der Waals surface area contributed by atoms with Crippen LogP contribution in [-0.4, -0.2) is 18.4 Å². The van der Waals surface area contributed by atoms with E-state index in [-0.39, 0.29) is 32.6 Å². The van der Waals surface area contributed by atoms with E-state index in [1.54, 1.807) is 0 Å². The molecule has 0 bridgehead atoms. The van der Waals surface area contributed by atoms with Gasteiger partial charge in [0.05, 0.1) is 11.3 Å². The molecule has 0 atom stereocenters. The Hall–Kier alpha value is -2.62. The van der Waals surface area contributed by atoms with E-state index in [1.807, 2.05) is 47.4 Å². The Balaban J connectivity index is 0.00000171. The van der Waals surface area contributed by atoms with Gasteiger partial charge in [-0.1, -0.05) is 77.3 Å². The maximum atomic E-state index is 13.4. The van der Waals surface area contributed by atoms with E-state index in [9.17, 15) is 9.59 Å². The fourth-order valence-electron chi connectivity index (χ4n) is 4.62. The third-order valence-electron chi connectivity index (χ3n) is 6.25. The first-order valence-electron chi connectivity index (χ1n) is 11.0. The highest BCUT2D eigenvalue weighted by atomic mass is 16.2. The molecule has 1 N–H and O–H groups in total. The lowest BCUT2D eigenvalue weighted by Crippen LogP contribution is -2.36. The van der Waals surface area contributed by atoms with Crippen LogP contribution in [-0.2, 0) is 11.2 Å². The second kappa shape index (κ2) is 11.7. The summed E-state index contributed by atoms with van der Waals surface area (Å²) in [6.07, 6.45) is 9.79. The minimum atomic E-state index is -0.0364. The molecule has 0 spiro atoms. The fraction of sp³-hybridized carbons (Fsp3) is 0.481. The molecule has 1 aliphatic carbocycles. The Morgan fingerprint density at radius 2 is 1.45 bits per heavy atom. The van der Waals surface area contributed by atoms with Crippen molar-refractivity contribution in [2.45, 2.75) is 72.6 Å². The van der Waals surface area contributed by atoms with Crippen molar-refractivity contribution in [2.24, 2.45) is 5.92 Å². The van der Waals surface area contributed by atoms with Gasteiger partial charge in [-0.3, -0.25) is 9.59 Å². The van der Waals surface area contributed by atoms with Gasteiger partial charge in [-0.15, -0.1) is 0 Å². The van der Waals surface area contributed by atoms with E-state index in [0.717, 1.165) is 44.2 Å². The van der Waals surface area contributed by atoms with Gasteiger partial charge < -0.3 is 10.2 Å². The number of hydrogen-bond donors (Lipinski definition) is 1. The van der Waals surface area contributed by atoms with Crippen LogP contribution in [0.4, 0.5) is 11.4 Å². The highest BCUT2D eigenvalue weighted by molar-refractivity contribution is 6.12. The van der Waals surface area contributed by atoms with Crippen molar-refractivity contribution in [3.05, 3.63) is 59.7 Å². The molecule has 2 aromatic carbocycles. The zero-order valence-electron chi connectivity index (χ0n) is 17.0. The lowest BCUT2D eigenvalue weighted by Gasteiger charge is -2.30. The van der Waals surface area contributed by atoms with Gasteiger partial charge in [0.25, 0.3) is 5.91 Å². The van der Waals surface area contributed by atoms with Crippen LogP contribution >= 0.6 is 0 Å². The molecule has 1 aliphatic heterocycles. The molecule has 4 nitrogen and oxygen atoms in total. The molecule has 4 heteroatoms. The summed E-state index contributed by atoms with van der Waals surface area (Å²) in [5.74, 6) is 0.0751. The van der Waals surface area contributed by atoms with E-state index in [4.69, 9.17) is 0 Å².